The molecular formula is C27H30N2. The molecule has 0 bridgehead atoms. The molecule has 0 fully saturated rings. The summed E-state index contributed by atoms with van der Waals surface area (Å²) in [6.45, 7) is 3.30. The van der Waals surface area contributed by atoms with Gasteiger partial charge in [0.2, 0.25) is 0 Å². The van der Waals surface area contributed by atoms with Gasteiger partial charge in [-0.05, 0) is 53.8 Å². The van der Waals surface area contributed by atoms with E-state index in [1.54, 1.807) is 6.21 Å². The number of fused-ring (bicyclic) bond motifs is 1. The van der Waals surface area contributed by atoms with Gasteiger partial charge >= 0.3 is 0 Å². The highest BCUT2D eigenvalue weighted by molar-refractivity contribution is 5.85. The smallest absolute Gasteiger partial charge is 0.0405 e. The zero-order valence-electron chi connectivity index (χ0n) is 17.3. The zero-order valence-corrected chi connectivity index (χ0v) is 17.3. The van der Waals surface area contributed by atoms with Crippen LogP contribution in [0.2, 0.25) is 0 Å². The molecule has 0 spiro atoms. The Labute approximate surface area is 174 Å². The standard InChI is InChI=1S/C27H30N2/c1-2-24(18-19-28)29-20-8-15-27(29)26-14-6-4-10-23(26)17-16-22-12-7-11-21-9-3-5-13-25(21)22/h3-7,9-15,19,24,28H,2,8,16-18,20H2,1H3. The van der Waals surface area contributed by atoms with Gasteiger partial charge in [-0.2, -0.15) is 0 Å². The van der Waals surface area contributed by atoms with Gasteiger partial charge in [0.05, 0.1) is 0 Å². The lowest BCUT2D eigenvalue weighted by Gasteiger charge is -2.31. The number of nitrogens with zero attached hydrogens (tertiary/aromatic N) is 1. The lowest BCUT2D eigenvalue weighted by atomic mass is 9.95. The molecule has 0 radical (unpaired) electrons. The van der Waals surface area contributed by atoms with Gasteiger partial charge in [0, 0.05) is 30.3 Å². The molecule has 1 aliphatic rings. The fourth-order valence-corrected chi connectivity index (χ4v) is 4.64. The first kappa shape index (κ1) is 19.4. The maximum absolute atomic E-state index is 7.57. The molecule has 0 aliphatic carbocycles. The van der Waals surface area contributed by atoms with Crippen LogP contribution < -0.4 is 0 Å². The van der Waals surface area contributed by atoms with E-state index in [1.807, 2.05) is 0 Å². The molecule has 1 N–H and O–H groups in total. The van der Waals surface area contributed by atoms with E-state index in [0.717, 1.165) is 38.6 Å². The predicted octanol–water partition coefficient (Wildman–Crippen LogP) is 6.49. The summed E-state index contributed by atoms with van der Waals surface area (Å²) < 4.78 is 0. The Kier molecular flexibility index (Phi) is 6.09. The lowest BCUT2D eigenvalue weighted by molar-refractivity contribution is 0.311. The van der Waals surface area contributed by atoms with Gasteiger partial charge < -0.3 is 10.3 Å². The maximum atomic E-state index is 7.57. The first-order chi connectivity index (χ1) is 14.3. The Hall–Kier alpha value is -2.87. The van der Waals surface area contributed by atoms with Gasteiger partial charge in [-0.25, -0.2) is 0 Å². The first-order valence-electron chi connectivity index (χ1n) is 10.8. The minimum Gasteiger partial charge on any atom is -0.368 e. The van der Waals surface area contributed by atoms with Crippen LogP contribution in [0.3, 0.4) is 0 Å². The number of aryl methyl sites for hydroxylation is 2. The van der Waals surface area contributed by atoms with Crippen molar-refractivity contribution in [2.45, 2.75) is 45.1 Å². The number of hydrogen-bond acceptors (Lipinski definition) is 2. The van der Waals surface area contributed by atoms with E-state index in [1.165, 1.54) is 33.2 Å². The summed E-state index contributed by atoms with van der Waals surface area (Å²) in [6.07, 6.45) is 9.04. The average Bonchev–Trinajstić information content (AvgIpc) is 3.25. The molecule has 3 aromatic carbocycles. The van der Waals surface area contributed by atoms with E-state index in [-0.39, 0.29) is 0 Å². The van der Waals surface area contributed by atoms with Crippen LogP contribution in [0.25, 0.3) is 16.5 Å². The molecule has 4 rings (SSSR count). The Bertz CT molecular complexity index is 1010. The van der Waals surface area contributed by atoms with Crippen LogP contribution in [0, 0.1) is 5.41 Å². The van der Waals surface area contributed by atoms with Gasteiger partial charge in [0.25, 0.3) is 0 Å². The molecule has 0 saturated carbocycles. The third kappa shape index (κ3) is 4.12. The molecule has 0 saturated heterocycles. The highest BCUT2D eigenvalue weighted by Crippen LogP contribution is 2.32. The second kappa shape index (κ2) is 9.09. The van der Waals surface area contributed by atoms with E-state index >= 15 is 0 Å². The van der Waals surface area contributed by atoms with E-state index in [2.05, 4.69) is 84.6 Å². The fourth-order valence-electron chi connectivity index (χ4n) is 4.64. The minimum atomic E-state index is 0.423. The van der Waals surface area contributed by atoms with Crippen LogP contribution in [0.5, 0.6) is 0 Å². The van der Waals surface area contributed by atoms with Crippen LogP contribution in [-0.4, -0.2) is 23.7 Å². The number of hydrogen-bond donors (Lipinski definition) is 1. The largest absolute Gasteiger partial charge is 0.368 e. The number of rotatable bonds is 8. The van der Waals surface area contributed by atoms with Crippen LogP contribution in [0.4, 0.5) is 0 Å². The van der Waals surface area contributed by atoms with Crippen molar-refractivity contribution in [3.8, 4) is 0 Å². The van der Waals surface area contributed by atoms with Gasteiger partial charge in [-0.15, -0.1) is 0 Å². The molecule has 148 valence electrons. The SMILES string of the molecule is CCC(CC=N)N1CCC=C1c1ccccc1CCc1cccc2ccccc12. The molecule has 2 nitrogen and oxygen atoms in total. The van der Waals surface area contributed by atoms with Crippen LogP contribution in [0.15, 0.2) is 72.8 Å². The van der Waals surface area contributed by atoms with Crippen LogP contribution >= 0.6 is 0 Å². The Morgan fingerprint density at radius 3 is 2.52 bits per heavy atom. The summed E-state index contributed by atoms with van der Waals surface area (Å²) in [5.41, 5.74) is 5.58. The van der Waals surface area contributed by atoms with E-state index < -0.39 is 0 Å². The molecule has 0 amide bonds. The molecule has 29 heavy (non-hydrogen) atoms. The van der Waals surface area contributed by atoms with E-state index in [9.17, 15) is 0 Å². The van der Waals surface area contributed by atoms with Crippen molar-refractivity contribution in [3.05, 3.63) is 89.5 Å². The Morgan fingerprint density at radius 2 is 1.66 bits per heavy atom. The quantitative estimate of drug-likeness (QED) is 0.443. The Balaban J connectivity index is 1.59. The molecule has 1 aliphatic heterocycles. The second-order valence-corrected chi connectivity index (χ2v) is 7.87. The van der Waals surface area contributed by atoms with E-state index in [4.69, 9.17) is 5.41 Å². The zero-order chi connectivity index (χ0) is 20.1. The predicted molar refractivity (Wildman–Crippen MR) is 125 cm³/mol. The molecule has 1 atom stereocenters. The van der Waals surface area contributed by atoms with E-state index in [0.29, 0.717) is 6.04 Å². The molecule has 0 aromatic heterocycles. The summed E-state index contributed by atoms with van der Waals surface area (Å²) in [7, 11) is 0. The van der Waals surface area contributed by atoms with Crippen molar-refractivity contribution >= 4 is 22.7 Å². The third-order valence-electron chi connectivity index (χ3n) is 6.16. The number of benzene rings is 3. The average molecular weight is 383 g/mol. The second-order valence-electron chi connectivity index (χ2n) is 7.87. The molecular weight excluding hydrogens is 352 g/mol. The number of nitrogens with one attached hydrogen (secondary N) is 1. The summed E-state index contributed by atoms with van der Waals surface area (Å²) in [5, 5.41) is 10.3. The van der Waals surface area contributed by atoms with Crippen molar-refractivity contribution in [3.63, 3.8) is 0 Å². The van der Waals surface area contributed by atoms with Gasteiger partial charge in [0.15, 0.2) is 0 Å². The lowest BCUT2D eigenvalue weighted by Crippen LogP contribution is -2.32. The summed E-state index contributed by atoms with van der Waals surface area (Å²) in [5.74, 6) is 0. The maximum Gasteiger partial charge on any atom is 0.0405 e. The molecule has 1 unspecified atom stereocenters. The van der Waals surface area contributed by atoms with Crippen molar-refractivity contribution in [2.24, 2.45) is 0 Å². The van der Waals surface area contributed by atoms with Gasteiger partial charge in [-0.1, -0.05) is 79.7 Å². The highest BCUT2D eigenvalue weighted by Gasteiger charge is 2.24. The molecule has 2 heteroatoms. The van der Waals surface area contributed by atoms with Gasteiger partial charge in [0.1, 0.15) is 0 Å². The molecule has 1 heterocycles. The normalized spacial score (nSPS) is 14.8. The van der Waals surface area contributed by atoms with Crippen molar-refractivity contribution in [2.75, 3.05) is 6.54 Å². The minimum absolute atomic E-state index is 0.423. The fraction of sp³-hybridized carbons (Fsp3) is 0.296. The summed E-state index contributed by atoms with van der Waals surface area (Å²) in [6, 6.07) is 24.6. The van der Waals surface area contributed by atoms with Crippen LogP contribution in [0.1, 0.15) is 42.9 Å². The van der Waals surface area contributed by atoms with Crippen molar-refractivity contribution in [1.82, 2.24) is 4.90 Å². The summed E-state index contributed by atoms with van der Waals surface area (Å²) >= 11 is 0. The highest BCUT2D eigenvalue weighted by atomic mass is 15.2. The molecule has 3 aromatic rings. The van der Waals surface area contributed by atoms with Gasteiger partial charge in [-0.3, -0.25) is 0 Å². The monoisotopic (exact) mass is 382 g/mol. The van der Waals surface area contributed by atoms with Crippen molar-refractivity contribution in [1.29, 1.82) is 5.41 Å². The first-order valence-corrected chi connectivity index (χ1v) is 10.8. The van der Waals surface area contributed by atoms with Crippen LogP contribution in [-0.2, 0) is 12.8 Å². The van der Waals surface area contributed by atoms with Crippen molar-refractivity contribution < 1.29 is 0 Å². The summed E-state index contributed by atoms with van der Waals surface area (Å²) in [4.78, 5) is 2.53. The Morgan fingerprint density at radius 1 is 0.931 bits per heavy atom. The topological polar surface area (TPSA) is 27.1 Å². The third-order valence-corrected chi connectivity index (χ3v) is 6.16.